The van der Waals surface area contributed by atoms with Crippen LogP contribution < -0.4 is 15.8 Å². The highest BCUT2D eigenvalue weighted by atomic mass is 32.2. The average molecular weight is 355 g/mol. The molecule has 1 atom stereocenters. The number of nitrogens with two attached hydrogens (primary N) is 1. The highest BCUT2D eigenvalue weighted by Gasteiger charge is 2.34. The number of aryl methyl sites for hydroxylation is 1. The molecule has 0 aromatic heterocycles. The summed E-state index contributed by atoms with van der Waals surface area (Å²) in [6.07, 6.45) is 1.32. The summed E-state index contributed by atoms with van der Waals surface area (Å²) >= 11 is 0. The predicted octanol–water partition coefficient (Wildman–Crippen LogP) is 0.479. The minimum Gasteiger partial charge on any atom is -0.495 e. The number of benzene rings is 1. The number of sulfonamides is 1. The van der Waals surface area contributed by atoms with Gasteiger partial charge in [0.05, 0.1) is 13.0 Å². The molecule has 1 aliphatic heterocycles. The van der Waals surface area contributed by atoms with Crippen molar-refractivity contribution in [1.82, 2.24) is 9.62 Å². The summed E-state index contributed by atoms with van der Waals surface area (Å²) in [5.41, 5.74) is 6.23. The van der Waals surface area contributed by atoms with Crippen molar-refractivity contribution < 1.29 is 17.9 Å². The third kappa shape index (κ3) is 4.06. The Morgan fingerprint density at radius 1 is 1.46 bits per heavy atom. The minimum absolute atomic E-state index is 0.142. The van der Waals surface area contributed by atoms with Gasteiger partial charge < -0.3 is 15.8 Å². The zero-order valence-electron chi connectivity index (χ0n) is 14.1. The van der Waals surface area contributed by atoms with Gasteiger partial charge in [-0.1, -0.05) is 6.07 Å². The quantitative estimate of drug-likeness (QED) is 0.773. The lowest BCUT2D eigenvalue weighted by molar-refractivity contribution is -0.126. The van der Waals surface area contributed by atoms with Gasteiger partial charge in [0.1, 0.15) is 10.6 Å². The zero-order valence-corrected chi connectivity index (χ0v) is 14.9. The van der Waals surface area contributed by atoms with E-state index in [0.29, 0.717) is 38.2 Å². The lowest BCUT2D eigenvalue weighted by Gasteiger charge is -2.31. The fourth-order valence-electron chi connectivity index (χ4n) is 2.84. The Morgan fingerprint density at radius 3 is 2.88 bits per heavy atom. The summed E-state index contributed by atoms with van der Waals surface area (Å²) in [4.78, 5) is 12.3. The Kier molecular flexibility index (Phi) is 6.20. The van der Waals surface area contributed by atoms with Crippen molar-refractivity contribution >= 4 is 15.9 Å². The van der Waals surface area contributed by atoms with Gasteiger partial charge in [-0.15, -0.1) is 0 Å². The normalized spacial score (nSPS) is 19.0. The first-order chi connectivity index (χ1) is 11.4. The molecule has 1 amide bonds. The molecule has 2 rings (SSSR count). The second kappa shape index (κ2) is 7.96. The van der Waals surface area contributed by atoms with Crippen molar-refractivity contribution in [2.24, 2.45) is 11.7 Å². The summed E-state index contributed by atoms with van der Waals surface area (Å²) in [7, 11) is -2.26. The molecule has 0 bridgehead atoms. The minimum atomic E-state index is -3.71. The smallest absolute Gasteiger partial charge is 0.246 e. The number of methoxy groups -OCH3 is 1. The van der Waals surface area contributed by atoms with Crippen molar-refractivity contribution in [3.8, 4) is 5.75 Å². The summed E-state index contributed by atoms with van der Waals surface area (Å²) in [6.45, 7) is 3.17. The molecule has 1 heterocycles. The number of ether oxygens (including phenoxy) is 1. The maximum Gasteiger partial charge on any atom is 0.246 e. The molecule has 3 N–H and O–H groups in total. The standard InChI is InChI=1S/C16H25N3O4S/c1-12-5-6-14(23-2)15(10-12)24(21,22)19-9-3-4-13(11-19)16(20)18-8-7-17/h5-6,10,13H,3-4,7-9,11,17H2,1-2H3,(H,18,20). The molecule has 24 heavy (non-hydrogen) atoms. The Labute approximate surface area is 143 Å². The fraction of sp³-hybridized carbons (Fsp3) is 0.562. The highest BCUT2D eigenvalue weighted by molar-refractivity contribution is 7.89. The number of nitrogens with zero attached hydrogens (tertiary/aromatic N) is 1. The Hall–Kier alpha value is -1.64. The average Bonchev–Trinajstić information content (AvgIpc) is 2.59. The fourth-order valence-corrected chi connectivity index (χ4v) is 4.60. The summed E-state index contributed by atoms with van der Waals surface area (Å²) in [5.74, 6) is -0.178. The lowest BCUT2D eigenvalue weighted by atomic mass is 9.99. The van der Waals surface area contributed by atoms with E-state index in [-0.39, 0.29) is 23.3 Å². The van der Waals surface area contributed by atoms with Crippen LogP contribution in [-0.2, 0) is 14.8 Å². The van der Waals surface area contributed by atoms with Crippen LogP contribution in [0.5, 0.6) is 5.75 Å². The van der Waals surface area contributed by atoms with E-state index in [4.69, 9.17) is 10.5 Å². The molecule has 1 fully saturated rings. The van der Waals surface area contributed by atoms with Crippen molar-refractivity contribution in [2.45, 2.75) is 24.7 Å². The number of carbonyl (C=O) groups is 1. The Bertz CT molecular complexity index is 691. The van der Waals surface area contributed by atoms with Gasteiger partial charge in [-0.05, 0) is 37.5 Å². The van der Waals surface area contributed by atoms with E-state index in [1.807, 2.05) is 6.92 Å². The molecule has 7 nitrogen and oxygen atoms in total. The molecule has 0 aliphatic carbocycles. The molecule has 1 aromatic carbocycles. The molecule has 1 unspecified atom stereocenters. The molecule has 1 aliphatic rings. The molecule has 8 heteroatoms. The van der Waals surface area contributed by atoms with Gasteiger partial charge in [0.15, 0.2) is 0 Å². The molecule has 1 aromatic rings. The molecular formula is C16H25N3O4S. The van der Waals surface area contributed by atoms with Crippen molar-refractivity contribution in [3.05, 3.63) is 23.8 Å². The van der Waals surface area contributed by atoms with E-state index in [1.54, 1.807) is 18.2 Å². The second-order valence-electron chi connectivity index (χ2n) is 5.94. The summed E-state index contributed by atoms with van der Waals surface area (Å²) < 4.78 is 32.6. The SMILES string of the molecule is COc1ccc(C)cc1S(=O)(=O)N1CCCC(C(=O)NCCN)C1. The van der Waals surface area contributed by atoms with E-state index in [0.717, 1.165) is 5.56 Å². The Balaban J connectivity index is 2.23. The summed E-state index contributed by atoms with van der Waals surface area (Å²) in [6, 6.07) is 5.06. The highest BCUT2D eigenvalue weighted by Crippen LogP contribution is 2.30. The number of rotatable bonds is 6. The molecule has 0 radical (unpaired) electrons. The van der Waals surface area contributed by atoms with Crippen LogP contribution in [0.3, 0.4) is 0 Å². The van der Waals surface area contributed by atoms with Crippen molar-refractivity contribution in [3.63, 3.8) is 0 Å². The molecule has 0 spiro atoms. The van der Waals surface area contributed by atoms with E-state index < -0.39 is 10.0 Å². The van der Waals surface area contributed by atoms with Gasteiger partial charge in [-0.2, -0.15) is 4.31 Å². The second-order valence-corrected chi connectivity index (χ2v) is 7.84. The number of hydrogen-bond donors (Lipinski definition) is 2. The van der Waals surface area contributed by atoms with E-state index in [1.165, 1.54) is 11.4 Å². The van der Waals surface area contributed by atoms with Gasteiger partial charge in [0.25, 0.3) is 0 Å². The number of piperidine rings is 1. The van der Waals surface area contributed by atoms with Crippen LogP contribution in [0.1, 0.15) is 18.4 Å². The van der Waals surface area contributed by atoms with Gasteiger partial charge in [-0.3, -0.25) is 4.79 Å². The molecule has 0 saturated carbocycles. The lowest BCUT2D eigenvalue weighted by Crippen LogP contribution is -2.46. The number of nitrogens with one attached hydrogen (secondary N) is 1. The third-order valence-electron chi connectivity index (χ3n) is 4.14. The maximum atomic E-state index is 13.0. The van der Waals surface area contributed by atoms with Gasteiger partial charge in [0.2, 0.25) is 15.9 Å². The van der Waals surface area contributed by atoms with Crippen molar-refractivity contribution in [2.75, 3.05) is 33.3 Å². The zero-order chi connectivity index (χ0) is 17.7. The first-order valence-electron chi connectivity index (χ1n) is 8.02. The Morgan fingerprint density at radius 2 is 2.21 bits per heavy atom. The van der Waals surface area contributed by atoms with E-state index >= 15 is 0 Å². The van der Waals surface area contributed by atoms with Crippen LogP contribution in [0, 0.1) is 12.8 Å². The van der Waals surface area contributed by atoms with E-state index in [2.05, 4.69) is 5.32 Å². The van der Waals surface area contributed by atoms with Crippen molar-refractivity contribution in [1.29, 1.82) is 0 Å². The number of hydrogen-bond acceptors (Lipinski definition) is 5. The van der Waals surface area contributed by atoms with Crippen LogP contribution in [0.2, 0.25) is 0 Å². The van der Waals surface area contributed by atoms with Gasteiger partial charge in [-0.25, -0.2) is 8.42 Å². The number of carbonyl (C=O) groups excluding carboxylic acids is 1. The van der Waals surface area contributed by atoms with Crippen LogP contribution in [0.4, 0.5) is 0 Å². The largest absolute Gasteiger partial charge is 0.495 e. The summed E-state index contributed by atoms with van der Waals surface area (Å²) in [5, 5.41) is 2.74. The third-order valence-corrected chi connectivity index (χ3v) is 6.02. The van der Waals surface area contributed by atoms with Gasteiger partial charge in [0, 0.05) is 26.2 Å². The monoisotopic (exact) mass is 355 g/mol. The number of amides is 1. The van der Waals surface area contributed by atoms with Crippen LogP contribution >= 0.6 is 0 Å². The van der Waals surface area contributed by atoms with Gasteiger partial charge >= 0.3 is 0 Å². The molecular weight excluding hydrogens is 330 g/mol. The first kappa shape index (κ1) is 18.7. The molecule has 1 saturated heterocycles. The van der Waals surface area contributed by atoms with E-state index in [9.17, 15) is 13.2 Å². The van der Waals surface area contributed by atoms with Crippen LogP contribution in [0.15, 0.2) is 23.1 Å². The maximum absolute atomic E-state index is 13.0. The van der Waals surface area contributed by atoms with Crippen LogP contribution in [-0.4, -0.2) is 51.9 Å². The molecule has 134 valence electrons. The predicted molar refractivity (Wildman–Crippen MR) is 91.3 cm³/mol. The van der Waals surface area contributed by atoms with Crippen LogP contribution in [0.25, 0.3) is 0 Å². The topological polar surface area (TPSA) is 102 Å². The first-order valence-corrected chi connectivity index (χ1v) is 9.46.